The topological polar surface area (TPSA) is 66.4 Å². The van der Waals surface area contributed by atoms with Crippen molar-refractivity contribution < 1.29 is 13.5 Å². The minimum Gasteiger partial charge on any atom is -0.392 e. The maximum atomic E-state index is 12.4. The molecule has 1 fully saturated rings. The summed E-state index contributed by atoms with van der Waals surface area (Å²) >= 11 is 0. The lowest BCUT2D eigenvalue weighted by Gasteiger charge is -2.16. The maximum absolute atomic E-state index is 12.4. The van der Waals surface area contributed by atoms with Crippen LogP contribution < -0.4 is 4.72 Å². The minimum absolute atomic E-state index is 0.144. The quantitative estimate of drug-likeness (QED) is 0.812. The summed E-state index contributed by atoms with van der Waals surface area (Å²) in [5.74, 6) is 0. The van der Waals surface area contributed by atoms with Gasteiger partial charge in [-0.3, -0.25) is 0 Å². The Morgan fingerprint density at radius 3 is 2.60 bits per heavy atom. The van der Waals surface area contributed by atoms with Crippen LogP contribution in [0, 0.1) is 12.3 Å². The van der Waals surface area contributed by atoms with Crippen LogP contribution in [0.5, 0.6) is 0 Å². The molecule has 1 saturated carbocycles. The van der Waals surface area contributed by atoms with Gasteiger partial charge in [-0.05, 0) is 48.8 Å². The van der Waals surface area contributed by atoms with Crippen LogP contribution in [0.25, 0.3) is 0 Å². The molecule has 0 aromatic heterocycles. The summed E-state index contributed by atoms with van der Waals surface area (Å²) in [5, 5.41) is 9.23. The number of rotatable bonds is 7. The van der Waals surface area contributed by atoms with Gasteiger partial charge in [0.25, 0.3) is 0 Å². The molecule has 0 heterocycles. The Morgan fingerprint density at radius 2 is 2.05 bits per heavy atom. The van der Waals surface area contributed by atoms with E-state index in [-0.39, 0.29) is 16.9 Å². The normalized spacial score (nSPS) is 17.1. The van der Waals surface area contributed by atoms with E-state index in [4.69, 9.17) is 0 Å². The molecule has 0 unspecified atom stereocenters. The van der Waals surface area contributed by atoms with Crippen LogP contribution in [0.15, 0.2) is 23.1 Å². The van der Waals surface area contributed by atoms with Crippen molar-refractivity contribution in [2.24, 2.45) is 5.41 Å². The zero-order chi connectivity index (χ0) is 14.8. The number of hydrogen-bond acceptors (Lipinski definition) is 3. The standard InChI is InChI=1S/C15H23NO3S/c1-3-7-15(8-9-15)11-16-20(18,19)14-6-4-5-13(10-17)12(14)2/h4-6,16-17H,3,7-11H2,1-2H3. The molecule has 5 heteroatoms. The molecule has 0 aliphatic heterocycles. The summed E-state index contributed by atoms with van der Waals surface area (Å²) in [7, 11) is -3.50. The Bertz CT molecular complexity index is 577. The van der Waals surface area contributed by atoms with Crippen LogP contribution in [0.1, 0.15) is 43.7 Å². The molecule has 1 aromatic rings. The van der Waals surface area contributed by atoms with Gasteiger partial charge in [-0.1, -0.05) is 25.5 Å². The van der Waals surface area contributed by atoms with Gasteiger partial charge in [-0.2, -0.15) is 0 Å². The molecule has 2 N–H and O–H groups in total. The summed E-state index contributed by atoms with van der Waals surface area (Å²) in [6.45, 7) is 4.24. The van der Waals surface area contributed by atoms with Crippen molar-refractivity contribution in [2.75, 3.05) is 6.54 Å². The van der Waals surface area contributed by atoms with Crippen molar-refractivity contribution in [3.05, 3.63) is 29.3 Å². The van der Waals surface area contributed by atoms with Gasteiger partial charge < -0.3 is 5.11 Å². The average Bonchev–Trinajstić information content (AvgIpc) is 3.17. The third-order valence-corrected chi connectivity index (χ3v) is 5.78. The van der Waals surface area contributed by atoms with E-state index < -0.39 is 10.0 Å². The summed E-state index contributed by atoms with van der Waals surface area (Å²) in [4.78, 5) is 0.274. The Kier molecular flexibility index (Phi) is 4.52. The lowest BCUT2D eigenvalue weighted by atomic mass is 10.0. The first kappa shape index (κ1) is 15.5. The maximum Gasteiger partial charge on any atom is 0.240 e. The van der Waals surface area contributed by atoms with Gasteiger partial charge in [-0.15, -0.1) is 0 Å². The van der Waals surface area contributed by atoms with Crippen LogP contribution in [-0.2, 0) is 16.6 Å². The minimum atomic E-state index is -3.50. The van der Waals surface area contributed by atoms with E-state index in [0.29, 0.717) is 17.7 Å². The Labute approximate surface area is 121 Å². The molecule has 1 aliphatic rings. The number of aliphatic hydroxyl groups is 1. The van der Waals surface area contributed by atoms with E-state index in [1.165, 1.54) is 0 Å². The third-order valence-electron chi connectivity index (χ3n) is 4.23. The lowest BCUT2D eigenvalue weighted by Crippen LogP contribution is -2.31. The molecular weight excluding hydrogens is 274 g/mol. The largest absolute Gasteiger partial charge is 0.392 e. The van der Waals surface area contributed by atoms with Gasteiger partial charge in [0, 0.05) is 6.54 Å². The van der Waals surface area contributed by atoms with Gasteiger partial charge in [0.2, 0.25) is 10.0 Å². The van der Waals surface area contributed by atoms with Gasteiger partial charge in [0.05, 0.1) is 11.5 Å². The second kappa shape index (κ2) is 5.84. The molecule has 2 rings (SSSR count). The van der Waals surface area contributed by atoms with Gasteiger partial charge in [0.15, 0.2) is 0 Å². The zero-order valence-corrected chi connectivity index (χ0v) is 13.0. The number of sulfonamides is 1. The fraction of sp³-hybridized carbons (Fsp3) is 0.600. The van der Waals surface area contributed by atoms with Crippen LogP contribution in [0.3, 0.4) is 0 Å². The fourth-order valence-electron chi connectivity index (χ4n) is 2.67. The number of aliphatic hydroxyl groups excluding tert-OH is 1. The first-order valence-electron chi connectivity index (χ1n) is 7.13. The molecule has 112 valence electrons. The van der Waals surface area contributed by atoms with Crippen LogP contribution in [0.4, 0.5) is 0 Å². The molecule has 0 amide bonds. The average molecular weight is 297 g/mol. The van der Waals surface area contributed by atoms with Gasteiger partial charge in [0.1, 0.15) is 0 Å². The van der Waals surface area contributed by atoms with Crippen LogP contribution in [-0.4, -0.2) is 20.1 Å². The van der Waals surface area contributed by atoms with Crippen molar-refractivity contribution in [2.45, 2.75) is 51.0 Å². The second-order valence-corrected chi connectivity index (χ2v) is 7.51. The Hall–Kier alpha value is -0.910. The molecule has 0 radical (unpaired) electrons. The highest BCUT2D eigenvalue weighted by Crippen LogP contribution is 2.49. The highest BCUT2D eigenvalue weighted by molar-refractivity contribution is 7.89. The predicted molar refractivity (Wildman–Crippen MR) is 78.9 cm³/mol. The van der Waals surface area contributed by atoms with E-state index in [1.807, 2.05) is 0 Å². The highest BCUT2D eigenvalue weighted by Gasteiger charge is 2.42. The summed E-state index contributed by atoms with van der Waals surface area (Å²) in [5.41, 5.74) is 1.47. The second-order valence-electron chi connectivity index (χ2n) is 5.77. The van der Waals surface area contributed by atoms with E-state index in [2.05, 4.69) is 11.6 Å². The molecule has 1 aliphatic carbocycles. The van der Waals surface area contributed by atoms with Crippen molar-refractivity contribution in [1.29, 1.82) is 0 Å². The van der Waals surface area contributed by atoms with Gasteiger partial charge >= 0.3 is 0 Å². The highest BCUT2D eigenvalue weighted by atomic mass is 32.2. The van der Waals surface area contributed by atoms with Crippen molar-refractivity contribution in [1.82, 2.24) is 4.72 Å². The number of benzene rings is 1. The molecule has 0 spiro atoms. The zero-order valence-electron chi connectivity index (χ0n) is 12.1. The smallest absolute Gasteiger partial charge is 0.240 e. The van der Waals surface area contributed by atoms with Crippen LogP contribution in [0.2, 0.25) is 0 Å². The fourth-order valence-corrected chi connectivity index (χ4v) is 4.11. The monoisotopic (exact) mass is 297 g/mol. The summed E-state index contributed by atoms with van der Waals surface area (Å²) < 4.78 is 27.6. The van der Waals surface area contributed by atoms with E-state index in [9.17, 15) is 13.5 Å². The predicted octanol–water partition coefficient (Wildman–Crippen LogP) is 2.35. The van der Waals surface area contributed by atoms with E-state index in [1.54, 1.807) is 25.1 Å². The molecule has 0 atom stereocenters. The number of hydrogen-bond donors (Lipinski definition) is 2. The van der Waals surface area contributed by atoms with E-state index >= 15 is 0 Å². The Morgan fingerprint density at radius 1 is 1.35 bits per heavy atom. The SMILES string of the molecule is CCCC1(CNS(=O)(=O)c2cccc(CO)c2C)CC1. The van der Waals surface area contributed by atoms with Crippen molar-refractivity contribution in [3.8, 4) is 0 Å². The first-order chi connectivity index (χ1) is 9.44. The molecule has 0 saturated heterocycles. The molecule has 0 bridgehead atoms. The lowest BCUT2D eigenvalue weighted by molar-refractivity contribution is 0.280. The molecule has 20 heavy (non-hydrogen) atoms. The van der Waals surface area contributed by atoms with Crippen molar-refractivity contribution >= 4 is 10.0 Å². The summed E-state index contributed by atoms with van der Waals surface area (Å²) in [6.07, 6.45) is 4.38. The molecule has 1 aromatic carbocycles. The van der Waals surface area contributed by atoms with Gasteiger partial charge in [-0.25, -0.2) is 13.1 Å². The Balaban J connectivity index is 2.15. The van der Waals surface area contributed by atoms with E-state index in [0.717, 1.165) is 25.7 Å². The summed E-state index contributed by atoms with van der Waals surface area (Å²) in [6, 6.07) is 5.01. The number of nitrogens with one attached hydrogen (secondary N) is 1. The van der Waals surface area contributed by atoms with Crippen LogP contribution >= 0.6 is 0 Å². The molecular formula is C15H23NO3S. The van der Waals surface area contributed by atoms with Crippen molar-refractivity contribution in [3.63, 3.8) is 0 Å². The molecule has 4 nitrogen and oxygen atoms in total. The third kappa shape index (κ3) is 3.22. The first-order valence-corrected chi connectivity index (χ1v) is 8.61.